The Bertz CT molecular complexity index is 965. The van der Waals surface area contributed by atoms with E-state index in [4.69, 9.17) is 25.6 Å². The molecule has 2 saturated heterocycles. The summed E-state index contributed by atoms with van der Waals surface area (Å²) < 4.78 is 17.2. The standard InChI is InChI=1S/C20H19ClN4O3/c21-16-10-13(3-4-17(16)27-15-5-7-22-8-6-15)20-23-19(24-28-20)18-11-25-9-1-2-14(25)12-26-18/h3-8,10,14,18H,1-2,9,11-12H2. The summed E-state index contributed by atoms with van der Waals surface area (Å²) in [4.78, 5) is 11.0. The largest absolute Gasteiger partial charge is 0.456 e. The molecule has 5 rings (SSSR count). The normalized spacial score (nSPS) is 22.2. The first-order chi connectivity index (χ1) is 13.8. The summed E-state index contributed by atoms with van der Waals surface area (Å²) in [7, 11) is 0. The number of fused-ring (bicyclic) bond motifs is 1. The van der Waals surface area contributed by atoms with Gasteiger partial charge in [-0.2, -0.15) is 4.98 Å². The second-order valence-corrected chi connectivity index (χ2v) is 7.41. The van der Waals surface area contributed by atoms with Crippen molar-refractivity contribution in [3.8, 4) is 23.0 Å². The van der Waals surface area contributed by atoms with Gasteiger partial charge in [0.15, 0.2) is 0 Å². The van der Waals surface area contributed by atoms with Crippen LogP contribution in [-0.4, -0.2) is 45.8 Å². The quantitative estimate of drug-likeness (QED) is 0.654. The third kappa shape index (κ3) is 3.48. The lowest BCUT2D eigenvalue weighted by Crippen LogP contribution is -2.42. The Hall–Kier alpha value is -2.48. The Morgan fingerprint density at radius 2 is 2.07 bits per heavy atom. The smallest absolute Gasteiger partial charge is 0.258 e. The van der Waals surface area contributed by atoms with Crippen LogP contribution < -0.4 is 4.74 Å². The Kier molecular flexibility index (Phi) is 4.72. The van der Waals surface area contributed by atoms with E-state index in [1.165, 1.54) is 12.8 Å². The highest BCUT2D eigenvalue weighted by Gasteiger charge is 2.35. The maximum Gasteiger partial charge on any atom is 0.258 e. The van der Waals surface area contributed by atoms with Crippen molar-refractivity contribution in [3.05, 3.63) is 53.6 Å². The van der Waals surface area contributed by atoms with Crippen molar-refractivity contribution in [2.45, 2.75) is 25.0 Å². The molecule has 0 spiro atoms. The minimum Gasteiger partial charge on any atom is -0.456 e. The van der Waals surface area contributed by atoms with Gasteiger partial charge in [0.1, 0.15) is 17.6 Å². The van der Waals surface area contributed by atoms with Gasteiger partial charge in [-0.05, 0) is 49.7 Å². The molecule has 7 nitrogen and oxygen atoms in total. The van der Waals surface area contributed by atoms with Crippen molar-refractivity contribution in [3.63, 3.8) is 0 Å². The molecule has 144 valence electrons. The topological polar surface area (TPSA) is 73.5 Å². The molecule has 2 unspecified atom stereocenters. The number of aromatic nitrogens is 3. The minimum absolute atomic E-state index is 0.156. The number of ether oxygens (including phenoxy) is 2. The minimum atomic E-state index is -0.156. The van der Waals surface area contributed by atoms with Gasteiger partial charge < -0.3 is 14.0 Å². The monoisotopic (exact) mass is 398 g/mol. The third-order valence-corrected chi connectivity index (χ3v) is 5.47. The predicted molar refractivity (Wildman–Crippen MR) is 102 cm³/mol. The fraction of sp³-hybridized carbons (Fsp3) is 0.350. The first-order valence-corrected chi connectivity index (χ1v) is 9.71. The summed E-state index contributed by atoms with van der Waals surface area (Å²) in [5.74, 6) is 2.21. The van der Waals surface area contributed by atoms with Gasteiger partial charge in [-0.1, -0.05) is 16.8 Å². The number of hydrogen-bond donors (Lipinski definition) is 0. The first-order valence-electron chi connectivity index (χ1n) is 9.33. The Labute approximate surface area is 167 Å². The van der Waals surface area contributed by atoms with Crippen LogP contribution in [0, 0.1) is 0 Å². The van der Waals surface area contributed by atoms with Crippen LogP contribution in [0.3, 0.4) is 0 Å². The summed E-state index contributed by atoms with van der Waals surface area (Å²) in [5.41, 5.74) is 0.737. The number of morpholine rings is 1. The molecule has 8 heteroatoms. The van der Waals surface area contributed by atoms with E-state index < -0.39 is 0 Å². The second kappa shape index (κ2) is 7.50. The number of hydrogen-bond acceptors (Lipinski definition) is 7. The van der Waals surface area contributed by atoms with E-state index in [0.717, 1.165) is 25.3 Å². The molecule has 0 saturated carbocycles. The van der Waals surface area contributed by atoms with Gasteiger partial charge in [-0.25, -0.2) is 0 Å². The van der Waals surface area contributed by atoms with E-state index in [1.54, 1.807) is 36.7 Å². The van der Waals surface area contributed by atoms with Crippen LogP contribution in [0.15, 0.2) is 47.2 Å². The van der Waals surface area contributed by atoms with Gasteiger partial charge in [-0.3, -0.25) is 9.88 Å². The number of benzene rings is 1. The van der Waals surface area contributed by atoms with Crippen LogP contribution in [0.25, 0.3) is 11.5 Å². The lowest BCUT2D eigenvalue weighted by molar-refractivity contribution is -0.0548. The van der Waals surface area contributed by atoms with Crippen LogP contribution in [0.4, 0.5) is 0 Å². The van der Waals surface area contributed by atoms with Crippen molar-refractivity contribution in [2.24, 2.45) is 0 Å². The molecule has 0 radical (unpaired) electrons. The van der Waals surface area contributed by atoms with Gasteiger partial charge in [0.05, 0.1) is 11.6 Å². The van der Waals surface area contributed by atoms with E-state index in [1.807, 2.05) is 6.07 Å². The highest BCUT2D eigenvalue weighted by atomic mass is 35.5. The second-order valence-electron chi connectivity index (χ2n) is 7.00. The number of rotatable bonds is 4. The van der Waals surface area contributed by atoms with Gasteiger partial charge in [0.2, 0.25) is 5.82 Å². The van der Waals surface area contributed by atoms with Gasteiger partial charge in [0.25, 0.3) is 5.89 Å². The molecular formula is C20H19ClN4O3. The molecule has 0 bridgehead atoms. The van der Waals surface area contributed by atoms with Crippen molar-refractivity contribution in [1.29, 1.82) is 0 Å². The van der Waals surface area contributed by atoms with Gasteiger partial charge >= 0.3 is 0 Å². The molecule has 2 aliphatic rings. The zero-order valence-corrected chi connectivity index (χ0v) is 15.9. The lowest BCUT2D eigenvalue weighted by Gasteiger charge is -2.33. The Morgan fingerprint density at radius 3 is 2.93 bits per heavy atom. The van der Waals surface area contributed by atoms with Crippen molar-refractivity contribution < 1.29 is 14.0 Å². The highest BCUT2D eigenvalue weighted by molar-refractivity contribution is 6.32. The number of pyridine rings is 1. The molecule has 1 aromatic carbocycles. The average molecular weight is 399 g/mol. The van der Waals surface area contributed by atoms with Gasteiger partial charge in [-0.15, -0.1) is 0 Å². The van der Waals surface area contributed by atoms with E-state index in [9.17, 15) is 0 Å². The molecule has 3 aromatic rings. The van der Waals surface area contributed by atoms with Crippen LogP contribution in [-0.2, 0) is 4.74 Å². The van der Waals surface area contributed by atoms with Gasteiger partial charge in [0, 0.05) is 30.5 Å². The molecular weight excluding hydrogens is 380 g/mol. The first kappa shape index (κ1) is 17.6. The van der Waals surface area contributed by atoms with Crippen LogP contribution in [0.2, 0.25) is 5.02 Å². The maximum absolute atomic E-state index is 6.38. The summed E-state index contributed by atoms with van der Waals surface area (Å²) in [5, 5.41) is 4.59. The lowest BCUT2D eigenvalue weighted by atomic mass is 10.2. The predicted octanol–water partition coefficient (Wildman–Crippen LogP) is 4.11. The summed E-state index contributed by atoms with van der Waals surface area (Å²) >= 11 is 6.38. The van der Waals surface area contributed by atoms with E-state index >= 15 is 0 Å². The van der Waals surface area contributed by atoms with E-state index in [2.05, 4.69) is 20.0 Å². The molecule has 0 aliphatic carbocycles. The summed E-state index contributed by atoms with van der Waals surface area (Å²) in [6.45, 7) is 2.65. The van der Waals surface area contributed by atoms with Crippen molar-refractivity contribution >= 4 is 11.6 Å². The van der Waals surface area contributed by atoms with Crippen LogP contribution in [0.1, 0.15) is 24.8 Å². The average Bonchev–Trinajstić information content (AvgIpc) is 3.39. The van der Waals surface area contributed by atoms with Crippen LogP contribution in [0.5, 0.6) is 11.5 Å². The highest BCUT2D eigenvalue weighted by Crippen LogP contribution is 2.34. The summed E-state index contributed by atoms with van der Waals surface area (Å²) in [6.07, 6.45) is 5.60. The Morgan fingerprint density at radius 1 is 1.18 bits per heavy atom. The Balaban J connectivity index is 1.32. The zero-order valence-electron chi connectivity index (χ0n) is 15.1. The SMILES string of the molecule is Clc1cc(-c2nc(C3CN4CCCC4CO3)no2)ccc1Oc1ccncc1. The van der Waals surface area contributed by atoms with Crippen molar-refractivity contribution in [1.82, 2.24) is 20.0 Å². The van der Waals surface area contributed by atoms with E-state index in [0.29, 0.717) is 34.3 Å². The van der Waals surface area contributed by atoms with Crippen molar-refractivity contribution in [2.75, 3.05) is 19.7 Å². The van der Waals surface area contributed by atoms with E-state index in [-0.39, 0.29) is 6.10 Å². The molecule has 0 N–H and O–H groups in total. The molecule has 28 heavy (non-hydrogen) atoms. The summed E-state index contributed by atoms with van der Waals surface area (Å²) in [6, 6.07) is 9.46. The zero-order chi connectivity index (χ0) is 18.9. The molecule has 2 atom stereocenters. The number of nitrogens with zero attached hydrogens (tertiary/aromatic N) is 4. The fourth-order valence-electron chi connectivity index (χ4n) is 3.71. The molecule has 2 aromatic heterocycles. The van der Waals surface area contributed by atoms with Crippen LogP contribution >= 0.6 is 11.6 Å². The number of halogens is 1. The third-order valence-electron chi connectivity index (χ3n) is 5.18. The molecule has 4 heterocycles. The maximum atomic E-state index is 6.38. The molecule has 2 aliphatic heterocycles. The molecule has 2 fully saturated rings. The molecule has 0 amide bonds. The fourth-order valence-corrected chi connectivity index (χ4v) is 3.93.